The molecule has 6 N–H and O–H groups in total. The van der Waals surface area contributed by atoms with E-state index in [4.69, 9.17) is 10.5 Å². The van der Waals surface area contributed by atoms with Crippen molar-refractivity contribution in [1.82, 2.24) is 14.5 Å². The molecule has 2 amide bonds. The van der Waals surface area contributed by atoms with Gasteiger partial charge < -0.3 is 15.5 Å². The van der Waals surface area contributed by atoms with Crippen LogP contribution in [0.3, 0.4) is 0 Å². The Hall–Kier alpha value is -3.82. The number of sulfonamides is 2. The number of amides is 2. The second kappa shape index (κ2) is 14.8. The van der Waals surface area contributed by atoms with Crippen LogP contribution in [0.15, 0.2) is 82.6 Å². The summed E-state index contributed by atoms with van der Waals surface area (Å²) in [5, 5.41) is 19.2. The van der Waals surface area contributed by atoms with Crippen molar-refractivity contribution in [2.24, 2.45) is 5.14 Å². The molecule has 0 unspecified atom stereocenters. The molecule has 3 aromatic rings. The van der Waals surface area contributed by atoms with E-state index < -0.39 is 26.1 Å². The van der Waals surface area contributed by atoms with Crippen LogP contribution in [0.2, 0.25) is 0 Å². The minimum absolute atomic E-state index is 0.00220. The fraction of sp³-hybridized carbons (Fsp3) is 0.333. The highest BCUT2D eigenvalue weighted by Crippen LogP contribution is 2.18. The van der Waals surface area contributed by atoms with Crippen LogP contribution in [0.4, 0.5) is 16.2 Å². The van der Waals surface area contributed by atoms with Crippen LogP contribution in [0.5, 0.6) is 0 Å². The van der Waals surface area contributed by atoms with Crippen LogP contribution in [0.1, 0.15) is 37.3 Å². The molecule has 1 aliphatic rings. The maximum absolute atomic E-state index is 12.7. The van der Waals surface area contributed by atoms with Gasteiger partial charge in [-0.25, -0.2) is 31.5 Å². The smallest absolute Gasteiger partial charge is 0.323 e. The summed E-state index contributed by atoms with van der Waals surface area (Å²) in [5.41, 5.74) is 2.18. The van der Waals surface area contributed by atoms with Gasteiger partial charge in [-0.3, -0.25) is 10.3 Å². The van der Waals surface area contributed by atoms with Gasteiger partial charge in [-0.1, -0.05) is 44.0 Å². The molecule has 1 heterocycles. The number of rotatable bonds is 12. The summed E-state index contributed by atoms with van der Waals surface area (Å²) >= 11 is 0. The molecule has 1 fully saturated rings. The maximum atomic E-state index is 12.7. The van der Waals surface area contributed by atoms with E-state index in [-0.39, 0.29) is 16.3 Å². The minimum atomic E-state index is -3.87. The lowest BCUT2D eigenvalue weighted by Crippen LogP contribution is -2.48. The number of nitrogens with zero attached hydrogens (tertiary/aromatic N) is 2. The van der Waals surface area contributed by atoms with Gasteiger partial charge in [0.25, 0.3) is 0 Å². The molecule has 12 nitrogen and oxygen atoms in total. The van der Waals surface area contributed by atoms with Gasteiger partial charge in [0.05, 0.1) is 9.79 Å². The number of amidine groups is 1. The highest BCUT2D eigenvalue weighted by Gasteiger charge is 2.20. The molecule has 0 saturated carbocycles. The van der Waals surface area contributed by atoms with Crippen LogP contribution in [0, 0.1) is 5.41 Å². The van der Waals surface area contributed by atoms with E-state index in [1.165, 1.54) is 67.8 Å². The molecule has 0 radical (unpaired) electrons. The average Bonchev–Trinajstić information content (AvgIpc) is 3.00. The fourth-order valence-electron chi connectivity index (χ4n) is 4.78. The number of carbonyl (C=O) groups is 1. The number of carbonyl (C=O) groups excluding carboxylic acids is 1. The lowest BCUT2D eigenvalue weighted by atomic mass is 10.1. The van der Waals surface area contributed by atoms with Crippen molar-refractivity contribution in [1.29, 1.82) is 5.41 Å². The number of anilines is 2. The van der Waals surface area contributed by atoms with Crippen molar-refractivity contribution in [3.05, 3.63) is 83.9 Å². The van der Waals surface area contributed by atoms with Gasteiger partial charge in [0.15, 0.2) is 0 Å². The summed E-state index contributed by atoms with van der Waals surface area (Å²) in [5.74, 6) is 0.424. The molecular weight excluding hydrogens is 603 g/mol. The lowest BCUT2D eigenvalue weighted by Gasteiger charge is -2.36. The third-order valence-electron chi connectivity index (χ3n) is 7.30. The van der Waals surface area contributed by atoms with Gasteiger partial charge in [-0.05, 0) is 67.1 Å². The van der Waals surface area contributed by atoms with Crippen molar-refractivity contribution in [3.63, 3.8) is 0 Å². The number of piperazine rings is 1. The SMILES string of the molecule is CCCCCN1CCN(C(=N)c2cccc(NC(=O)Nc3ccc(S(=O)(=O)NCc4ccc(S(N)(=O)=O)cc4)cc3)c2)CC1. The zero-order valence-electron chi connectivity index (χ0n) is 24.6. The Balaban J connectivity index is 1.27. The van der Waals surface area contributed by atoms with E-state index in [0.717, 1.165) is 32.7 Å². The molecule has 0 bridgehead atoms. The first-order valence-corrected chi connectivity index (χ1v) is 17.4. The van der Waals surface area contributed by atoms with Crippen molar-refractivity contribution in [3.8, 4) is 0 Å². The Morgan fingerprint density at radius 1 is 0.841 bits per heavy atom. The minimum Gasteiger partial charge on any atom is -0.354 e. The molecule has 44 heavy (non-hydrogen) atoms. The van der Waals surface area contributed by atoms with Gasteiger partial charge in [-0.2, -0.15) is 0 Å². The van der Waals surface area contributed by atoms with Gasteiger partial charge in [-0.15, -0.1) is 0 Å². The molecule has 0 aliphatic carbocycles. The highest BCUT2D eigenvalue weighted by molar-refractivity contribution is 7.89. The third kappa shape index (κ3) is 9.34. The molecule has 14 heteroatoms. The van der Waals surface area contributed by atoms with E-state index in [0.29, 0.717) is 28.3 Å². The maximum Gasteiger partial charge on any atom is 0.323 e. The Labute approximate surface area is 259 Å². The number of urea groups is 1. The first-order chi connectivity index (χ1) is 20.9. The van der Waals surface area contributed by atoms with E-state index in [1.807, 2.05) is 6.07 Å². The van der Waals surface area contributed by atoms with Crippen molar-refractivity contribution >= 4 is 43.3 Å². The summed E-state index contributed by atoms with van der Waals surface area (Å²) in [4.78, 5) is 17.1. The van der Waals surface area contributed by atoms with E-state index in [1.54, 1.807) is 18.2 Å². The van der Waals surface area contributed by atoms with E-state index in [2.05, 4.69) is 32.1 Å². The molecule has 236 valence electrons. The Bertz CT molecular complexity index is 1650. The largest absolute Gasteiger partial charge is 0.354 e. The van der Waals surface area contributed by atoms with Crippen LogP contribution in [-0.4, -0.2) is 71.2 Å². The molecule has 1 saturated heterocycles. The van der Waals surface area contributed by atoms with Gasteiger partial charge >= 0.3 is 6.03 Å². The van der Waals surface area contributed by atoms with Gasteiger partial charge in [0, 0.05) is 49.7 Å². The normalized spacial score (nSPS) is 14.3. The highest BCUT2D eigenvalue weighted by atomic mass is 32.2. The summed E-state index contributed by atoms with van der Waals surface area (Å²) < 4.78 is 50.7. The van der Waals surface area contributed by atoms with E-state index in [9.17, 15) is 21.6 Å². The summed E-state index contributed by atoms with van der Waals surface area (Å²) in [7, 11) is -7.71. The molecule has 0 spiro atoms. The number of primary sulfonamides is 1. The zero-order valence-corrected chi connectivity index (χ0v) is 26.3. The Morgan fingerprint density at radius 3 is 2.11 bits per heavy atom. The molecule has 0 atom stereocenters. The fourth-order valence-corrected chi connectivity index (χ4v) is 6.31. The van der Waals surface area contributed by atoms with Crippen molar-refractivity contribution in [2.75, 3.05) is 43.4 Å². The van der Waals surface area contributed by atoms with Crippen molar-refractivity contribution in [2.45, 2.75) is 42.5 Å². The van der Waals surface area contributed by atoms with Crippen LogP contribution < -0.4 is 20.5 Å². The number of hydrogen-bond acceptors (Lipinski definition) is 7. The Morgan fingerprint density at radius 2 is 1.48 bits per heavy atom. The molecule has 3 aromatic carbocycles. The summed E-state index contributed by atoms with van der Waals surface area (Å²) in [6.07, 6.45) is 3.64. The third-order valence-corrected chi connectivity index (χ3v) is 9.65. The number of nitrogens with one attached hydrogen (secondary N) is 4. The number of unbranched alkanes of at least 4 members (excludes halogenated alkanes) is 2. The van der Waals surface area contributed by atoms with Crippen LogP contribution in [-0.2, 0) is 26.6 Å². The zero-order chi connectivity index (χ0) is 31.7. The van der Waals surface area contributed by atoms with E-state index >= 15 is 0 Å². The molecule has 1 aliphatic heterocycles. The average molecular weight is 642 g/mol. The molecular formula is C30H39N7O5S2. The van der Waals surface area contributed by atoms with Gasteiger partial charge in [0.2, 0.25) is 20.0 Å². The first kappa shape index (κ1) is 33.1. The number of benzene rings is 3. The predicted molar refractivity (Wildman–Crippen MR) is 172 cm³/mol. The standard InChI is InChI=1S/C30H39N7O5S2/c1-2-3-4-16-36-17-19-37(20-18-36)29(31)24-6-5-7-26(21-24)35-30(38)34-25-10-14-28(15-11-25)44(41,42)33-22-23-8-12-27(13-9-23)43(32,39)40/h5-15,21,31,33H,2-4,16-20,22H2,1H3,(H2,32,39,40)(H2,34,35,38). The molecule has 4 rings (SSSR count). The van der Waals surface area contributed by atoms with Gasteiger partial charge in [0.1, 0.15) is 5.84 Å². The summed E-state index contributed by atoms with van der Waals surface area (Å²) in [6.45, 7) is 6.69. The lowest BCUT2D eigenvalue weighted by molar-refractivity contribution is 0.179. The first-order valence-electron chi connectivity index (χ1n) is 14.4. The molecule has 0 aromatic heterocycles. The number of nitrogens with two attached hydrogens (primary N) is 1. The second-order valence-corrected chi connectivity index (χ2v) is 13.9. The van der Waals surface area contributed by atoms with Crippen LogP contribution >= 0.6 is 0 Å². The second-order valence-electron chi connectivity index (χ2n) is 10.6. The number of hydrogen-bond donors (Lipinski definition) is 5. The topological polar surface area (TPSA) is 178 Å². The monoisotopic (exact) mass is 641 g/mol. The van der Waals surface area contributed by atoms with Crippen LogP contribution in [0.25, 0.3) is 0 Å². The predicted octanol–water partition coefficient (Wildman–Crippen LogP) is 3.59. The Kier molecular flexibility index (Phi) is 11.1. The van der Waals surface area contributed by atoms with Crippen molar-refractivity contribution < 1.29 is 21.6 Å². The summed E-state index contributed by atoms with van der Waals surface area (Å²) in [6, 6.07) is 17.9. The quantitative estimate of drug-likeness (QED) is 0.114.